The van der Waals surface area contributed by atoms with Gasteiger partial charge in [0.05, 0.1) is 14.9 Å². The molecule has 3 aromatic carbocycles. The molecular weight excluding hydrogens is 494 g/mol. The van der Waals surface area contributed by atoms with E-state index < -0.39 is 21.0 Å². The van der Waals surface area contributed by atoms with Crippen molar-refractivity contribution in [3.63, 3.8) is 0 Å². The largest absolute Gasteiger partial charge is 0.484 e. The van der Waals surface area contributed by atoms with Crippen LogP contribution in [0.4, 0.5) is 9.57 Å². The summed E-state index contributed by atoms with van der Waals surface area (Å²) in [6.45, 7) is -0.0644. The van der Waals surface area contributed by atoms with E-state index in [0.717, 1.165) is 12.1 Å². The van der Waals surface area contributed by atoms with Crippen molar-refractivity contribution in [1.29, 1.82) is 0 Å². The Morgan fingerprint density at radius 1 is 0.939 bits per heavy atom. The van der Waals surface area contributed by atoms with Gasteiger partial charge < -0.3 is 15.4 Å². The number of benzene rings is 3. The number of amides is 2. The Hall–Kier alpha value is -3.14. The minimum absolute atomic E-state index is 0.0214. The second-order valence-corrected chi connectivity index (χ2v) is 8.92. The van der Waals surface area contributed by atoms with Crippen LogP contribution in [0.5, 0.6) is 5.75 Å². The highest BCUT2D eigenvalue weighted by molar-refractivity contribution is 7.86. The zero-order valence-corrected chi connectivity index (χ0v) is 19.2. The van der Waals surface area contributed by atoms with Crippen molar-refractivity contribution in [2.24, 2.45) is 0 Å². The van der Waals surface area contributed by atoms with Crippen molar-refractivity contribution in [2.75, 3.05) is 11.9 Å². The van der Waals surface area contributed by atoms with E-state index in [9.17, 15) is 21.9 Å². The van der Waals surface area contributed by atoms with Crippen LogP contribution in [-0.4, -0.2) is 26.8 Å². The number of carbonyl (C=O) groups excluding carboxylic acids is 2. The van der Waals surface area contributed by atoms with Crippen LogP contribution in [0, 0.1) is 0 Å². The molecule has 0 radical (unpaired) electrons. The number of rotatable bonds is 8. The molecule has 3 rings (SSSR count). The lowest BCUT2D eigenvalue weighted by molar-refractivity contribution is -0.123. The van der Waals surface area contributed by atoms with Crippen molar-refractivity contribution in [3.8, 4) is 5.75 Å². The van der Waals surface area contributed by atoms with Gasteiger partial charge in [-0.15, -0.1) is 3.89 Å². The molecule has 0 bridgehead atoms. The second kappa shape index (κ2) is 10.7. The zero-order chi connectivity index (χ0) is 24.0. The summed E-state index contributed by atoms with van der Waals surface area (Å²) in [5.41, 5.74) is 1.08. The summed E-state index contributed by atoms with van der Waals surface area (Å²) >= 11 is 11.7. The molecule has 2 amide bonds. The first-order chi connectivity index (χ1) is 15.6. The molecule has 0 spiro atoms. The maximum atomic E-state index is 13.2. The average Bonchev–Trinajstić information content (AvgIpc) is 2.78. The fraction of sp³-hybridized carbons (Fsp3) is 0.0909. The number of hydrogen-bond donors (Lipinski definition) is 2. The van der Waals surface area contributed by atoms with Crippen molar-refractivity contribution in [1.82, 2.24) is 5.32 Å². The molecule has 0 aliphatic carbocycles. The Bertz CT molecular complexity index is 1300. The van der Waals surface area contributed by atoms with Crippen LogP contribution in [0.2, 0.25) is 10.0 Å². The van der Waals surface area contributed by atoms with Gasteiger partial charge in [-0.2, -0.15) is 8.42 Å². The maximum absolute atomic E-state index is 13.2. The van der Waals surface area contributed by atoms with E-state index in [1.54, 1.807) is 36.4 Å². The van der Waals surface area contributed by atoms with Crippen LogP contribution in [0.25, 0.3) is 0 Å². The zero-order valence-electron chi connectivity index (χ0n) is 16.8. The monoisotopic (exact) mass is 510 g/mol. The lowest BCUT2D eigenvalue weighted by Gasteiger charge is -2.10. The van der Waals surface area contributed by atoms with E-state index in [2.05, 4.69) is 10.6 Å². The first kappa shape index (κ1) is 24.5. The molecule has 0 atom stereocenters. The van der Waals surface area contributed by atoms with Gasteiger partial charge >= 0.3 is 10.2 Å². The third kappa shape index (κ3) is 7.18. The van der Waals surface area contributed by atoms with Crippen LogP contribution < -0.4 is 15.4 Å². The molecule has 0 saturated carbocycles. The van der Waals surface area contributed by atoms with Gasteiger partial charge in [-0.1, -0.05) is 41.4 Å². The van der Waals surface area contributed by atoms with E-state index >= 15 is 0 Å². The number of halogens is 3. The molecule has 0 heterocycles. The third-order valence-corrected chi connectivity index (χ3v) is 5.87. The summed E-state index contributed by atoms with van der Waals surface area (Å²) in [6.07, 6.45) is 0. The quantitative estimate of drug-likeness (QED) is 0.431. The Labute approximate surface area is 199 Å². The topological polar surface area (TPSA) is 102 Å². The molecule has 11 heteroatoms. The van der Waals surface area contributed by atoms with Crippen LogP contribution in [0.3, 0.4) is 0 Å². The van der Waals surface area contributed by atoms with Gasteiger partial charge in [0.15, 0.2) is 6.61 Å². The molecule has 0 aromatic heterocycles. The number of anilines is 1. The van der Waals surface area contributed by atoms with Gasteiger partial charge in [0.25, 0.3) is 11.8 Å². The van der Waals surface area contributed by atoms with Gasteiger partial charge in [0.1, 0.15) is 5.75 Å². The first-order valence-corrected chi connectivity index (χ1v) is 11.6. The van der Waals surface area contributed by atoms with Crippen LogP contribution in [0.1, 0.15) is 15.9 Å². The highest BCUT2D eigenvalue weighted by Crippen LogP contribution is 2.26. The molecule has 7 nitrogen and oxygen atoms in total. The maximum Gasteiger partial charge on any atom is 0.332 e. The summed E-state index contributed by atoms with van der Waals surface area (Å²) in [7, 11) is -4.92. The molecule has 3 aromatic rings. The highest BCUT2D eigenvalue weighted by Gasteiger charge is 2.15. The normalized spacial score (nSPS) is 11.0. The molecule has 0 aliphatic rings. The number of nitrogens with one attached hydrogen (secondary N) is 2. The molecular formula is C22H17Cl2FN2O5S. The van der Waals surface area contributed by atoms with Crippen LogP contribution in [0.15, 0.2) is 71.6 Å². The Morgan fingerprint density at radius 2 is 1.70 bits per heavy atom. The van der Waals surface area contributed by atoms with E-state index in [4.69, 9.17) is 27.9 Å². The Morgan fingerprint density at radius 3 is 2.42 bits per heavy atom. The molecule has 0 aliphatic heterocycles. The van der Waals surface area contributed by atoms with Crippen molar-refractivity contribution >= 4 is 50.9 Å². The smallest absolute Gasteiger partial charge is 0.332 e. The number of hydrogen-bond acceptors (Lipinski definition) is 5. The summed E-state index contributed by atoms with van der Waals surface area (Å²) in [5, 5.41) is 5.98. The highest BCUT2D eigenvalue weighted by atomic mass is 35.5. The first-order valence-electron chi connectivity index (χ1n) is 9.41. The van der Waals surface area contributed by atoms with Gasteiger partial charge in [-0.3, -0.25) is 9.59 Å². The summed E-state index contributed by atoms with van der Waals surface area (Å²) in [5.74, 6) is -0.592. The lowest BCUT2D eigenvalue weighted by Crippen LogP contribution is -2.28. The molecule has 0 unspecified atom stereocenters. The van der Waals surface area contributed by atoms with Gasteiger partial charge in [0.2, 0.25) is 0 Å². The number of ether oxygens (including phenoxy) is 1. The van der Waals surface area contributed by atoms with E-state index in [1.807, 2.05) is 0 Å². The van der Waals surface area contributed by atoms with E-state index in [1.165, 1.54) is 18.2 Å². The molecule has 172 valence electrons. The van der Waals surface area contributed by atoms with Crippen molar-refractivity contribution in [3.05, 3.63) is 87.9 Å². The average molecular weight is 511 g/mol. The summed E-state index contributed by atoms with van der Waals surface area (Å²) in [6, 6.07) is 16.0. The van der Waals surface area contributed by atoms with E-state index in [-0.39, 0.29) is 24.6 Å². The minimum atomic E-state index is -4.92. The fourth-order valence-electron chi connectivity index (χ4n) is 2.72. The SMILES string of the molecule is O=C(COc1ccc(Cl)c(Cl)c1)NCc1cccc(NC(=O)c2cccc(S(=O)(=O)F)c2)c1. The van der Waals surface area contributed by atoms with Crippen molar-refractivity contribution < 1.29 is 26.6 Å². The number of carbonyl (C=O) groups is 2. The van der Waals surface area contributed by atoms with Crippen LogP contribution >= 0.6 is 23.2 Å². The van der Waals surface area contributed by atoms with Gasteiger partial charge in [0, 0.05) is 23.9 Å². The van der Waals surface area contributed by atoms with E-state index in [0.29, 0.717) is 27.0 Å². The predicted molar refractivity (Wildman–Crippen MR) is 123 cm³/mol. The van der Waals surface area contributed by atoms with Crippen LogP contribution in [-0.2, 0) is 21.6 Å². The standard InChI is InChI=1S/C22H17Cl2FN2O5S/c23-19-8-7-17(11-20(19)24)32-13-21(28)26-12-14-3-1-5-16(9-14)27-22(29)15-4-2-6-18(10-15)33(25,30)31/h1-11H,12-13H2,(H,26,28)(H,27,29). The minimum Gasteiger partial charge on any atom is -0.484 e. The predicted octanol–water partition coefficient (Wildman–Crippen LogP) is 4.60. The summed E-state index contributed by atoms with van der Waals surface area (Å²) < 4.78 is 40.6. The lowest BCUT2D eigenvalue weighted by atomic mass is 10.1. The Balaban J connectivity index is 1.55. The second-order valence-electron chi connectivity index (χ2n) is 6.76. The molecule has 0 saturated heterocycles. The van der Waals surface area contributed by atoms with Crippen molar-refractivity contribution in [2.45, 2.75) is 11.4 Å². The fourth-order valence-corrected chi connectivity index (χ4v) is 3.52. The van der Waals surface area contributed by atoms with Gasteiger partial charge in [-0.05, 0) is 48.0 Å². The Kier molecular flexibility index (Phi) is 7.91. The summed E-state index contributed by atoms with van der Waals surface area (Å²) in [4.78, 5) is 23.9. The van der Waals surface area contributed by atoms with Gasteiger partial charge in [-0.25, -0.2) is 0 Å². The molecule has 33 heavy (non-hydrogen) atoms. The molecule has 0 fully saturated rings. The molecule has 2 N–H and O–H groups in total. The third-order valence-electron chi connectivity index (χ3n) is 4.31.